The molecular weight excluding hydrogens is 208 g/mol. The molecular formula is C12H14O4. The van der Waals surface area contributed by atoms with Gasteiger partial charge in [0, 0.05) is 6.42 Å². The van der Waals surface area contributed by atoms with E-state index in [4.69, 9.17) is 10.2 Å². The van der Waals surface area contributed by atoms with Crippen LogP contribution in [0.1, 0.15) is 23.1 Å². The highest BCUT2D eigenvalue weighted by Gasteiger charge is 2.06. The van der Waals surface area contributed by atoms with E-state index in [0.717, 1.165) is 16.7 Å². The summed E-state index contributed by atoms with van der Waals surface area (Å²) in [5, 5.41) is 17.3. The minimum absolute atomic E-state index is 0.0211. The third-order valence-corrected chi connectivity index (χ3v) is 2.38. The van der Waals surface area contributed by atoms with Gasteiger partial charge in [-0.3, -0.25) is 9.59 Å². The highest BCUT2D eigenvalue weighted by molar-refractivity contribution is 5.71. The van der Waals surface area contributed by atoms with E-state index in [2.05, 4.69) is 0 Å². The molecule has 0 radical (unpaired) electrons. The molecule has 0 atom stereocenters. The number of hydrogen-bond donors (Lipinski definition) is 2. The molecule has 0 aliphatic carbocycles. The maximum absolute atomic E-state index is 10.6. The van der Waals surface area contributed by atoms with Gasteiger partial charge < -0.3 is 10.2 Å². The van der Waals surface area contributed by atoms with Gasteiger partial charge in [0.2, 0.25) is 0 Å². The average molecular weight is 222 g/mol. The summed E-state index contributed by atoms with van der Waals surface area (Å²) in [5.74, 6) is -1.72. The van der Waals surface area contributed by atoms with Crippen LogP contribution in [0.2, 0.25) is 0 Å². The van der Waals surface area contributed by atoms with Gasteiger partial charge >= 0.3 is 11.9 Å². The Hall–Kier alpha value is -1.84. The number of aryl methyl sites for hydroxylation is 2. The molecule has 0 saturated carbocycles. The first kappa shape index (κ1) is 12.2. The molecule has 1 aromatic carbocycles. The molecule has 86 valence electrons. The minimum Gasteiger partial charge on any atom is -0.481 e. The van der Waals surface area contributed by atoms with Gasteiger partial charge in [0.05, 0.1) is 6.42 Å². The fourth-order valence-corrected chi connectivity index (χ4v) is 1.48. The molecule has 0 amide bonds. The zero-order valence-corrected chi connectivity index (χ0v) is 9.06. The van der Waals surface area contributed by atoms with E-state index in [9.17, 15) is 9.59 Å². The molecule has 1 aromatic rings. The van der Waals surface area contributed by atoms with Crippen LogP contribution in [0.4, 0.5) is 0 Å². The van der Waals surface area contributed by atoms with E-state index in [-0.39, 0.29) is 12.8 Å². The van der Waals surface area contributed by atoms with E-state index >= 15 is 0 Å². The number of carboxylic acid groups (broad SMARTS) is 2. The van der Waals surface area contributed by atoms with Gasteiger partial charge in [0.15, 0.2) is 0 Å². The first-order chi connectivity index (χ1) is 7.49. The van der Waals surface area contributed by atoms with E-state index in [1.807, 2.05) is 19.1 Å². The topological polar surface area (TPSA) is 74.6 Å². The molecule has 0 heterocycles. The van der Waals surface area contributed by atoms with Crippen molar-refractivity contribution < 1.29 is 19.8 Å². The van der Waals surface area contributed by atoms with E-state index in [1.54, 1.807) is 6.07 Å². The number of benzene rings is 1. The van der Waals surface area contributed by atoms with Gasteiger partial charge in [0.25, 0.3) is 0 Å². The largest absolute Gasteiger partial charge is 0.481 e. The number of hydrogen-bond acceptors (Lipinski definition) is 2. The highest BCUT2D eigenvalue weighted by Crippen LogP contribution is 2.13. The normalized spacial score (nSPS) is 10.1. The van der Waals surface area contributed by atoms with Gasteiger partial charge in [-0.1, -0.05) is 18.2 Å². The molecule has 4 nitrogen and oxygen atoms in total. The monoisotopic (exact) mass is 222 g/mol. The van der Waals surface area contributed by atoms with E-state index in [0.29, 0.717) is 6.42 Å². The Bertz CT molecular complexity index is 409. The quantitative estimate of drug-likeness (QED) is 0.794. The lowest BCUT2D eigenvalue weighted by molar-refractivity contribution is -0.137. The molecule has 4 heteroatoms. The van der Waals surface area contributed by atoms with Crippen LogP contribution in [0.15, 0.2) is 18.2 Å². The van der Waals surface area contributed by atoms with Gasteiger partial charge in [0.1, 0.15) is 0 Å². The summed E-state index contributed by atoms with van der Waals surface area (Å²) in [6.45, 7) is 1.85. The van der Waals surface area contributed by atoms with Crippen LogP contribution in [0.3, 0.4) is 0 Å². The van der Waals surface area contributed by atoms with Crippen LogP contribution < -0.4 is 0 Å². The standard InChI is InChI=1S/C12H14O4/c1-8-2-3-9(4-5-11(13)14)6-10(8)7-12(15)16/h2-3,6H,4-5,7H2,1H3,(H,13,14)(H,15,16). The Kier molecular flexibility index (Phi) is 4.05. The summed E-state index contributed by atoms with van der Waals surface area (Å²) < 4.78 is 0. The molecule has 0 saturated heterocycles. The predicted molar refractivity (Wildman–Crippen MR) is 58.5 cm³/mol. The Morgan fingerprint density at radius 3 is 2.44 bits per heavy atom. The minimum atomic E-state index is -0.876. The SMILES string of the molecule is Cc1ccc(CCC(=O)O)cc1CC(=O)O. The van der Waals surface area contributed by atoms with Crippen molar-refractivity contribution in [2.75, 3.05) is 0 Å². The fraction of sp³-hybridized carbons (Fsp3) is 0.333. The van der Waals surface area contributed by atoms with E-state index in [1.165, 1.54) is 0 Å². The van der Waals surface area contributed by atoms with Crippen LogP contribution >= 0.6 is 0 Å². The molecule has 0 aliphatic rings. The molecule has 0 spiro atoms. The van der Waals surface area contributed by atoms with Crippen molar-refractivity contribution in [1.29, 1.82) is 0 Å². The zero-order chi connectivity index (χ0) is 12.1. The lowest BCUT2D eigenvalue weighted by Crippen LogP contribution is -2.03. The fourth-order valence-electron chi connectivity index (χ4n) is 1.48. The van der Waals surface area contributed by atoms with Gasteiger partial charge in [-0.25, -0.2) is 0 Å². The number of rotatable bonds is 5. The van der Waals surface area contributed by atoms with Crippen LogP contribution in [-0.2, 0) is 22.4 Å². The first-order valence-corrected chi connectivity index (χ1v) is 5.01. The van der Waals surface area contributed by atoms with Crippen molar-refractivity contribution >= 4 is 11.9 Å². The molecule has 16 heavy (non-hydrogen) atoms. The Morgan fingerprint density at radius 2 is 1.88 bits per heavy atom. The second-order valence-corrected chi connectivity index (χ2v) is 3.73. The molecule has 0 bridgehead atoms. The van der Waals surface area contributed by atoms with Gasteiger partial charge in [-0.15, -0.1) is 0 Å². The first-order valence-electron chi connectivity index (χ1n) is 5.01. The third kappa shape index (κ3) is 3.73. The van der Waals surface area contributed by atoms with Gasteiger partial charge in [-0.05, 0) is 30.0 Å². The van der Waals surface area contributed by atoms with Gasteiger partial charge in [-0.2, -0.15) is 0 Å². The summed E-state index contributed by atoms with van der Waals surface area (Å²) in [4.78, 5) is 21.0. The van der Waals surface area contributed by atoms with Crippen molar-refractivity contribution in [2.24, 2.45) is 0 Å². The summed E-state index contributed by atoms with van der Waals surface area (Å²) in [6, 6.07) is 5.44. The van der Waals surface area contributed by atoms with Crippen LogP contribution in [-0.4, -0.2) is 22.2 Å². The Labute approximate surface area is 93.5 Å². The molecule has 1 rings (SSSR count). The molecule has 0 aromatic heterocycles. The highest BCUT2D eigenvalue weighted by atomic mass is 16.4. The second-order valence-electron chi connectivity index (χ2n) is 3.73. The summed E-state index contributed by atoms with van der Waals surface area (Å²) >= 11 is 0. The van der Waals surface area contributed by atoms with Crippen LogP contribution in [0.5, 0.6) is 0 Å². The smallest absolute Gasteiger partial charge is 0.307 e. The molecule has 0 aliphatic heterocycles. The second kappa shape index (κ2) is 5.30. The molecule has 2 N–H and O–H groups in total. The molecule has 0 unspecified atom stereocenters. The van der Waals surface area contributed by atoms with E-state index < -0.39 is 11.9 Å². The Balaban J connectivity index is 2.80. The average Bonchev–Trinajstić information content (AvgIpc) is 2.18. The van der Waals surface area contributed by atoms with Crippen molar-refractivity contribution in [1.82, 2.24) is 0 Å². The predicted octanol–water partition coefficient (Wildman–Crippen LogP) is 1.64. The van der Waals surface area contributed by atoms with Crippen molar-refractivity contribution in [2.45, 2.75) is 26.2 Å². The zero-order valence-electron chi connectivity index (χ0n) is 9.06. The lowest BCUT2D eigenvalue weighted by Gasteiger charge is -2.06. The summed E-state index contributed by atoms with van der Waals surface area (Å²) in [7, 11) is 0. The van der Waals surface area contributed by atoms with Crippen LogP contribution in [0.25, 0.3) is 0 Å². The number of carbonyl (C=O) groups is 2. The Morgan fingerprint density at radius 1 is 1.19 bits per heavy atom. The lowest BCUT2D eigenvalue weighted by atomic mass is 10.00. The van der Waals surface area contributed by atoms with Crippen LogP contribution in [0, 0.1) is 6.92 Å². The number of carboxylic acids is 2. The maximum Gasteiger partial charge on any atom is 0.307 e. The van der Waals surface area contributed by atoms with Crippen molar-refractivity contribution in [3.8, 4) is 0 Å². The summed E-state index contributed by atoms with van der Waals surface area (Å²) in [6.07, 6.45) is 0.477. The van der Waals surface area contributed by atoms with Crippen molar-refractivity contribution in [3.63, 3.8) is 0 Å². The summed E-state index contributed by atoms with van der Waals surface area (Å²) in [5.41, 5.74) is 2.53. The molecule has 0 fully saturated rings. The number of aliphatic carboxylic acids is 2. The maximum atomic E-state index is 10.6. The third-order valence-electron chi connectivity index (χ3n) is 2.38. The van der Waals surface area contributed by atoms with Crippen molar-refractivity contribution in [3.05, 3.63) is 34.9 Å².